The van der Waals surface area contributed by atoms with Crippen LogP contribution >= 0.6 is 22.9 Å². The van der Waals surface area contributed by atoms with Gasteiger partial charge >= 0.3 is 0 Å². The van der Waals surface area contributed by atoms with Crippen LogP contribution < -0.4 is 15.0 Å². The molecule has 0 saturated heterocycles. The molecular weight excluding hydrogens is 472 g/mol. The third-order valence-corrected chi connectivity index (χ3v) is 6.70. The molecule has 2 aromatic heterocycles. The fourth-order valence-corrected chi connectivity index (χ4v) is 4.60. The van der Waals surface area contributed by atoms with Crippen molar-refractivity contribution in [2.45, 2.75) is 6.92 Å². The molecule has 0 spiro atoms. The molecule has 0 radical (unpaired) electrons. The van der Waals surface area contributed by atoms with Crippen molar-refractivity contribution in [1.29, 1.82) is 0 Å². The van der Waals surface area contributed by atoms with Crippen LogP contribution in [0, 0.1) is 6.92 Å². The monoisotopic (exact) mass is 490 g/mol. The Hall–Kier alpha value is -3.75. The van der Waals surface area contributed by atoms with Crippen molar-refractivity contribution in [2.75, 3.05) is 23.4 Å². The lowest BCUT2D eigenvalue weighted by molar-refractivity contribution is -0.123. The SMILES string of the molecule is Cc1c(Cl)cccc1NC(=O)CN1C(=O)COc2ccc(-c3csc(-c4ccccn4)n3)cc21. The molecule has 0 unspecified atom stereocenters. The lowest BCUT2D eigenvalue weighted by Crippen LogP contribution is -2.43. The number of thiazole rings is 1. The van der Waals surface area contributed by atoms with E-state index in [1.807, 2.05) is 42.6 Å². The zero-order valence-corrected chi connectivity index (χ0v) is 19.7. The number of rotatable bonds is 5. The highest BCUT2D eigenvalue weighted by Gasteiger charge is 2.28. The van der Waals surface area contributed by atoms with Crippen molar-refractivity contribution in [1.82, 2.24) is 9.97 Å². The summed E-state index contributed by atoms with van der Waals surface area (Å²) in [6, 6.07) is 16.5. The summed E-state index contributed by atoms with van der Waals surface area (Å²) in [5.74, 6) is -0.0894. The van der Waals surface area contributed by atoms with E-state index in [1.54, 1.807) is 30.5 Å². The third kappa shape index (κ3) is 4.37. The number of hydrogen-bond acceptors (Lipinski definition) is 6. The first-order chi connectivity index (χ1) is 16.5. The molecule has 0 fully saturated rings. The summed E-state index contributed by atoms with van der Waals surface area (Å²) in [4.78, 5) is 36.0. The van der Waals surface area contributed by atoms with Crippen LogP contribution in [0.3, 0.4) is 0 Å². The Morgan fingerprint density at radius 2 is 2.06 bits per heavy atom. The Morgan fingerprint density at radius 3 is 2.88 bits per heavy atom. The molecule has 9 heteroatoms. The van der Waals surface area contributed by atoms with Gasteiger partial charge in [-0.3, -0.25) is 19.5 Å². The number of nitrogens with one attached hydrogen (secondary N) is 1. The average Bonchev–Trinajstić information content (AvgIpc) is 3.35. The fourth-order valence-electron chi connectivity index (χ4n) is 3.62. The van der Waals surface area contributed by atoms with E-state index in [4.69, 9.17) is 21.3 Å². The van der Waals surface area contributed by atoms with Crippen LogP contribution in [0.15, 0.2) is 66.2 Å². The van der Waals surface area contributed by atoms with Gasteiger partial charge in [0.15, 0.2) is 6.61 Å². The van der Waals surface area contributed by atoms with E-state index in [1.165, 1.54) is 16.2 Å². The van der Waals surface area contributed by atoms with Gasteiger partial charge in [-0.15, -0.1) is 11.3 Å². The fraction of sp³-hybridized carbons (Fsp3) is 0.120. The molecule has 2 aromatic carbocycles. The van der Waals surface area contributed by atoms with Gasteiger partial charge < -0.3 is 10.1 Å². The van der Waals surface area contributed by atoms with Gasteiger partial charge in [0.2, 0.25) is 5.91 Å². The average molecular weight is 491 g/mol. The minimum absolute atomic E-state index is 0.129. The molecule has 4 aromatic rings. The Kier molecular flexibility index (Phi) is 6.00. The number of hydrogen-bond donors (Lipinski definition) is 1. The summed E-state index contributed by atoms with van der Waals surface area (Å²) in [5, 5.41) is 6.14. The van der Waals surface area contributed by atoms with Crippen molar-refractivity contribution in [2.24, 2.45) is 0 Å². The summed E-state index contributed by atoms with van der Waals surface area (Å²) in [7, 11) is 0. The third-order valence-electron chi connectivity index (χ3n) is 5.43. The molecule has 1 aliphatic rings. The van der Waals surface area contributed by atoms with Gasteiger partial charge in [-0.05, 0) is 55.0 Å². The van der Waals surface area contributed by atoms with E-state index in [0.717, 1.165) is 27.5 Å². The molecule has 5 rings (SSSR count). The van der Waals surface area contributed by atoms with Crippen molar-refractivity contribution in [3.63, 3.8) is 0 Å². The van der Waals surface area contributed by atoms with Crippen LogP contribution in [-0.4, -0.2) is 34.9 Å². The number of carbonyl (C=O) groups is 2. The maximum atomic E-state index is 12.8. The lowest BCUT2D eigenvalue weighted by atomic mass is 10.1. The Labute approximate surface area is 205 Å². The number of fused-ring (bicyclic) bond motifs is 1. The highest BCUT2D eigenvalue weighted by Crippen LogP contribution is 2.37. The highest BCUT2D eigenvalue weighted by atomic mass is 35.5. The smallest absolute Gasteiger partial charge is 0.265 e. The first-order valence-electron chi connectivity index (χ1n) is 10.5. The van der Waals surface area contributed by atoms with Gasteiger partial charge in [0.1, 0.15) is 17.3 Å². The van der Waals surface area contributed by atoms with E-state index < -0.39 is 0 Å². The zero-order chi connectivity index (χ0) is 23.7. The first-order valence-corrected chi connectivity index (χ1v) is 11.7. The lowest BCUT2D eigenvalue weighted by Gasteiger charge is -2.29. The number of pyridine rings is 1. The molecule has 1 N–H and O–H groups in total. The minimum Gasteiger partial charge on any atom is -0.482 e. The van der Waals surface area contributed by atoms with E-state index in [-0.39, 0.29) is 25.0 Å². The van der Waals surface area contributed by atoms with Gasteiger partial charge in [-0.1, -0.05) is 23.7 Å². The number of aromatic nitrogens is 2. The van der Waals surface area contributed by atoms with E-state index >= 15 is 0 Å². The number of anilines is 2. The van der Waals surface area contributed by atoms with E-state index in [0.29, 0.717) is 22.1 Å². The molecule has 1 aliphatic heterocycles. The largest absolute Gasteiger partial charge is 0.482 e. The van der Waals surface area contributed by atoms with Gasteiger partial charge in [0.05, 0.1) is 17.1 Å². The van der Waals surface area contributed by atoms with Crippen LogP contribution in [0.2, 0.25) is 5.02 Å². The molecule has 170 valence electrons. The molecule has 0 atom stereocenters. The van der Waals surface area contributed by atoms with E-state index in [9.17, 15) is 9.59 Å². The highest BCUT2D eigenvalue weighted by molar-refractivity contribution is 7.13. The number of halogens is 1. The zero-order valence-electron chi connectivity index (χ0n) is 18.1. The topological polar surface area (TPSA) is 84.4 Å². The molecule has 34 heavy (non-hydrogen) atoms. The van der Waals surface area contributed by atoms with Crippen molar-refractivity contribution >= 4 is 46.1 Å². The van der Waals surface area contributed by atoms with Crippen LogP contribution in [0.1, 0.15) is 5.56 Å². The summed E-state index contributed by atoms with van der Waals surface area (Å²) in [6.07, 6.45) is 1.73. The molecule has 0 bridgehead atoms. The van der Waals surface area contributed by atoms with Crippen molar-refractivity contribution < 1.29 is 14.3 Å². The molecular formula is C25H19ClN4O3S. The Bertz CT molecular complexity index is 1390. The van der Waals surface area contributed by atoms with E-state index in [2.05, 4.69) is 10.3 Å². The van der Waals surface area contributed by atoms with Crippen molar-refractivity contribution in [3.8, 4) is 27.7 Å². The second kappa shape index (κ2) is 9.24. The number of benzene rings is 2. The Balaban J connectivity index is 1.41. The molecule has 3 heterocycles. The summed E-state index contributed by atoms with van der Waals surface area (Å²) in [6.45, 7) is 1.55. The van der Waals surface area contributed by atoms with Crippen LogP contribution in [0.4, 0.5) is 11.4 Å². The quantitative estimate of drug-likeness (QED) is 0.415. The molecule has 7 nitrogen and oxygen atoms in total. The van der Waals surface area contributed by atoms with Gasteiger partial charge in [-0.2, -0.15) is 0 Å². The maximum Gasteiger partial charge on any atom is 0.265 e. The van der Waals surface area contributed by atoms with Gasteiger partial charge in [0, 0.05) is 27.9 Å². The predicted octanol–water partition coefficient (Wildman–Crippen LogP) is 5.20. The van der Waals surface area contributed by atoms with Crippen LogP contribution in [-0.2, 0) is 9.59 Å². The summed E-state index contributed by atoms with van der Waals surface area (Å²) < 4.78 is 5.60. The number of nitrogens with zero attached hydrogens (tertiary/aromatic N) is 3. The van der Waals surface area contributed by atoms with Gasteiger partial charge in [0.25, 0.3) is 5.91 Å². The molecule has 0 saturated carbocycles. The second-order valence-electron chi connectivity index (χ2n) is 7.66. The number of ether oxygens (including phenoxy) is 1. The summed E-state index contributed by atoms with van der Waals surface area (Å²) in [5.41, 5.74) is 4.26. The molecule has 0 aliphatic carbocycles. The van der Waals surface area contributed by atoms with Gasteiger partial charge in [-0.25, -0.2) is 4.98 Å². The number of carbonyl (C=O) groups excluding carboxylic acids is 2. The molecule has 2 amide bonds. The standard InChI is InChI=1S/C25H19ClN4O3S/c1-15-17(26)5-4-7-18(15)28-23(31)12-30-21-11-16(8-9-22(21)33-13-24(30)32)20-14-34-25(29-20)19-6-2-3-10-27-19/h2-11,14H,12-13H2,1H3,(H,28,31). The maximum absolute atomic E-state index is 12.8. The summed E-state index contributed by atoms with van der Waals surface area (Å²) >= 11 is 7.64. The predicted molar refractivity (Wildman–Crippen MR) is 133 cm³/mol. The minimum atomic E-state index is -0.330. The van der Waals surface area contributed by atoms with Crippen LogP contribution in [0.5, 0.6) is 5.75 Å². The van der Waals surface area contributed by atoms with Crippen molar-refractivity contribution in [3.05, 3.63) is 76.8 Å². The first kappa shape index (κ1) is 22.1. The normalized spacial score (nSPS) is 12.8. The number of amides is 2. The second-order valence-corrected chi connectivity index (χ2v) is 8.93. The Morgan fingerprint density at radius 1 is 1.18 bits per heavy atom. The van der Waals surface area contributed by atoms with Crippen LogP contribution in [0.25, 0.3) is 22.0 Å².